The van der Waals surface area contributed by atoms with Crippen LogP contribution in [-0.4, -0.2) is 35.4 Å². The zero-order valence-corrected chi connectivity index (χ0v) is 16.0. The number of nitrogens with zero attached hydrogens (tertiary/aromatic N) is 1. The zero-order chi connectivity index (χ0) is 22.3. The van der Waals surface area contributed by atoms with Crippen molar-refractivity contribution in [2.75, 3.05) is 6.61 Å². The summed E-state index contributed by atoms with van der Waals surface area (Å²) >= 11 is 0. The lowest BCUT2D eigenvalue weighted by Gasteiger charge is -2.25. The van der Waals surface area contributed by atoms with Gasteiger partial charge in [0.15, 0.2) is 0 Å². The van der Waals surface area contributed by atoms with Gasteiger partial charge in [0, 0.05) is 23.6 Å². The first-order valence-corrected chi connectivity index (χ1v) is 8.98. The number of benzene rings is 2. The third-order valence-corrected chi connectivity index (χ3v) is 4.33. The Bertz CT molecular complexity index is 931. The van der Waals surface area contributed by atoms with Crippen LogP contribution in [0, 0.1) is 15.9 Å². The van der Waals surface area contributed by atoms with Crippen molar-refractivity contribution in [1.29, 1.82) is 0 Å². The quantitative estimate of drug-likeness (QED) is 0.363. The van der Waals surface area contributed by atoms with E-state index in [-0.39, 0.29) is 24.3 Å². The first-order chi connectivity index (χ1) is 14.2. The van der Waals surface area contributed by atoms with Gasteiger partial charge in [0.25, 0.3) is 11.6 Å². The first kappa shape index (κ1) is 22.5. The van der Waals surface area contributed by atoms with Crippen LogP contribution in [0.25, 0.3) is 0 Å². The number of nitro groups is 1. The van der Waals surface area contributed by atoms with Gasteiger partial charge < -0.3 is 15.8 Å². The number of nitrogens with two attached hydrogens (primary N) is 1. The molecule has 2 amide bonds. The number of ether oxygens (including phenoxy) is 1. The van der Waals surface area contributed by atoms with Crippen molar-refractivity contribution in [3.8, 4) is 0 Å². The molecule has 0 saturated heterocycles. The van der Waals surface area contributed by atoms with Gasteiger partial charge in [-0.15, -0.1) is 0 Å². The van der Waals surface area contributed by atoms with E-state index in [9.17, 15) is 28.9 Å². The molecule has 0 aromatic heterocycles. The van der Waals surface area contributed by atoms with Crippen LogP contribution in [-0.2, 0) is 14.3 Å². The van der Waals surface area contributed by atoms with Crippen LogP contribution >= 0.6 is 0 Å². The molecular weight excluding hydrogens is 397 g/mol. The topological polar surface area (TPSA) is 142 Å². The van der Waals surface area contributed by atoms with Crippen molar-refractivity contribution in [2.24, 2.45) is 5.73 Å². The Labute approximate surface area is 171 Å². The molecule has 0 bridgehead atoms. The van der Waals surface area contributed by atoms with Crippen LogP contribution in [0.15, 0.2) is 48.5 Å². The van der Waals surface area contributed by atoms with Crippen LogP contribution in [0.3, 0.4) is 0 Å². The maximum absolute atomic E-state index is 13.1. The average molecular weight is 417 g/mol. The molecule has 0 heterocycles. The number of nitro benzene ring substituents is 1. The molecule has 0 aliphatic heterocycles. The Morgan fingerprint density at radius 2 is 1.73 bits per heavy atom. The lowest BCUT2D eigenvalue weighted by atomic mass is 9.87. The molecule has 0 unspecified atom stereocenters. The fourth-order valence-corrected chi connectivity index (χ4v) is 2.87. The number of carbonyl (C=O) groups is 3. The van der Waals surface area contributed by atoms with Gasteiger partial charge >= 0.3 is 5.97 Å². The van der Waals surface area contributed by atoms with Gasteiger partial charge in [-0.2, -0.15) is 0 Å². The molecule has 9 nitrogen and oxygen atoms in total. The summed E-state index contributed by atoms with van der Waals surface area (Å²) in [7, 11) is 0. The maximum Gasteiger partial charge on any atom is 0.306 e. The highest BCUT2D eigenvalue weighted by molar-refractivity contribution is 5.97. The Morgan fingerprint density at radius 1 is 1.13 bits per heavy atom. The number of nitrogens with one attached hydrogen (secondary N) is 1. The zero-order valence-electron chi connectivity index (χ0n) is 16.0. The Morgan fingerprint density at radius 3 is 2.23 bits per heavy atom. The van der Waals surface area contributed by atoms with E-state index in [1.54, 1.807) is 6.92 Å². The van der Waals surface area contributed by atoms with E-state index in [0.29, 0.717) is 5.56 Å². The van der Waals surface area contributed by atoms with Gasteiger partial charge in [0.05, 0.1) is 18.0 Å². The number of primary amides is 1. The number of amides is 2. The van der Waals surface area contributed by atoms with E-state index < -0.39 is 40.5 Å². The molecule has 30 heavy (non-hydrogen) atoms. The van der Waals surface area contributed by atoms with E-state index in [4.69, 9.17) is 10.5 Å². The number of halogens is 1. The molecule has 2 rings (SSSR count). The molecule has 0 spiro atoms. The Balaban J connectivity index is 2.36. The molecule has 10 heteroatoms. The van der Waals surface area contributed by atoms with Crippen molar-refractivity contribution < 1.29 is 28.4 Å². The van der Waals surface area contributed by atoms with Crippen LogP contribution in [0.2, 0.25) is 0 Å². The lowest BCUT2D eigenvalue weighted by Crippen LogP contribution is -2.48. The molecule has 158 valence electrons. The molecule has 0 saturated carbocycles. The van der Waals surface area contributed by atoms with Crippen molar-refractivity contribution in [3.05, 3.63) is 75.6 Å². The molecule has 0 fully saturated rings. The Hall–Kier alpha value is -3.82. The van der Waals surface area contributed by atoms with Crippen molar-refractivity contribution in [1.82, 2.24) is 5.32 Å². The van der Waals surface area contributed by atoms with E-state index >= 15 is 0 Å². The molecule has 2 atom stereocenters. The molecule has 0 radical (unpaired) electrons. The van der Waals surface area contributed by atoms with Gasteiger partial charge in [0.2, 0.25) is 5.91 Å². The molecule has 3 N–H and O–H groups in total. The predicted molar refractivity (Wildman–Crippen MR) is 104 cm³/mol. The number of rotatable bonds is 9. The fraction of sp³-hybridized carbons (Fsp3) is 0.250. The summed E-state index contributed by atoms with van der Waals surface area (Å²) in [5.41, 5.74) is 5.75. The predicted octanol–water partition coefficient (Wildman–Crippen LogP) is 2.05. The minimum atomic E-state index is -1.33. The SMILES string of the molecule is CCOC(=O)C[C@@H](c1ccc([N+](=O)[O-])cc1)[C@H](NC(=O)c1ccc(F)cc1)C(N)=O. The molecule has 0 aliphatic rings. The molecule has 2 aromatic carbocycles. The number of carbonyl (C=O) groups excluding carboxylic acids is 3. The van der Waals surface area contributed by atoms with E-state index in [0.717, 1.165) is 12.1 Å². The van der Waals surface area contributed by atoms with Crippen molar-refractivity contribution in [2.45, 2.75) is 25.3 Å². The summed E-state index contributed by atoms with van der Waals surface area (Å²) in [6.07, 6.45) is -0.303. The molecule has 2 aromatic rings. The van der Waals surface area contributed by atoms with Gasteiger partial charge in [-0.25, -0.2) is 4.39 Å². The maximum atomic E-state index is 13.1. The monoisotopic (exact) mass is 417 g/mol. The van der Waals surface area contributed by atoms with Gasteiger partial charge in [-0.05, 0) is 36.8 Å². The second kappa shape index (κ2) is 10.1. The third-order valence-electron chi connectivity index (χ3n) is 4.33. The smallest absolute Gasteiger partial charge is 0.306 e. The highest BCUT2D eigenvalue weighted by Crippen LogP contribution is 2.27. The summed E-state index contributed by atoms with van der Waals surface area (Å²) in [4.78, 5) is 47.0. The third kappa shape index (κ3) is 5.84. The normalized spacial score (nSPS) is 12.5. The lowest BCUT2D eigenvalue weighted by molar-refractivity contribution is -0.384. The summed E-state index contributed by atoms with van der Waals surface area (Å²) in [5, 5.41) is 13.3. The minimum absolute atomic E-state index is 0.0845. The van der Waals surface area contributed by atoms with Crippen molar-refractivity contribution >= 4 is 23.5 Å². The van der Waals surface area contributed by atoms with E-state index in [1.807, 2.05) is 0 Å². The number of non-ortho nitro benzene ring substituents is 1. The Kier molecular flexibility index (Phi) is 7.56. The number of hydrogen-bond acceptors (Lipinski definition) is 6. The van der Waals surface area contributed by atoms with Crippen LogP contribution < -0.4 is 11.1 Å². The highest BCUT2D eigenvalue weighted by Gasteiger charge is 2.32. The number of hydrogen-bond donors (Lipinski definition) is 2. The van der Waals surface area contributed by atoms with Gasteiger partial charge in [0.1, 0.15) is 11.9 Å². The van der Waals surface area contributed by atoms with Crippen molar-refractivity contribution in [3.63, 3.8) is 0 Å². The van der Waals surface area contributed by atoms with E-state index in [1.165, 1.54) is 36.4 Å². The van der Waals surface area contributed by atoms with Crippen LogP contribution in [0.1, 0.15) is 35.2 Å². The highest BCUT2D eigenvalue weighted by atomic mass is 19.1. The minimum Gasteiger partial charge on any atom is -0.466 e. The summed E-state index contributed by atoms with van der Waals surface area (Å²) in [6, 6.07) is 8.49. The number of esters is 1. The second-order valence-electron chi connectivity index (χ2n) is 6.32. The van der Waals surface area contributed by atoms with Crippen LogP contribution in [0.4, 0.5) is 10.1 Å². The van der Waals surface area contributed by atoms with Gasteiger partial charge in [-0.3, -0.25) is 24.5 Å². The fourth-order valence-electron chi connectivity index (χ4n) is 2.87. The second-order valence-corrected chi connectivity index (χ2v) is 6.32. The summed E-state index contributed by atoms with van der Waals surface area (Å²) in [6.45, 7) is 1.72. The average Bonchev–Trinajstić information content (AvgIpc) is 2.71. The van der Waals surface area contributed by atoms with Gasteiger partial charge in [-0.1, -0.05) is 12.1 Å². The summed E-state index contributed by atoms with van der Waals surface area (Å²) < 4.78 is 18.0. The molecule has 0 aliphatic carbocycles. The standard InChI is InChI=1S/C20H20FN3O6/c1-2-30-17(25)11-16(12-5-9-15(10-6-12)24(28)29)18(19(22)26)23-20(27)13-3-7-14(21)8-4-13/h3-10,16,18H,2,11H2,1H3,(H2,22,26)(H,23,27)/t16-,18-/m0/s1. The molecular formula is C20H20FN3O6. The van der Waals surface area contributed by atoms with E-state index in [2.05, 4.69) is 5.32 Å². The summed E-state index contributed by atoms with van der Waals surface area (Å²) in [5.74, 6) is -3.73. The first-order valence-electron chi connectivity index (χ1n) is 8.98. The van der Waals surface area contributed by atoms with Crippen LogP contribution in [0.5, 0.6) is 0 Å². The largest absolute Gasteiger partial charge is 0.466 e.